The van der Waals surface area contributed by atoms with E-state index in [4.69, 9.17) is 4.74 Å². The van der Waals surface area contributed by atoms with Crippen LogP contribution in [0.1, 0.15) is 12.5 Å². The number of benzene rings is 2. The Morgan fingerprint density at radius 1 is 1.11 bits per heavy atom. The lowest BCUT2D eigenvalue weighted by Crippen LogP contribution is -2.27. The van der Waals surface area contributed by atoms with Crippen LogP contribution in [0.3, 0.4) is 0 Å². The molecule has 2 heteroatoms. The Morgan fingerprint density at radius 2 is 1.94 bits per heavy atom. The third-order valence-electron chi connectivity index (χ3n) is 3.24. The highest BCUT2D eigenvalue weighted by Gasteiger charge is 2.15. The molecule has 0 saturated carbocycles. The van der Waals surface area contributed by atoms with E-state index in [9.17, 15) is 0 Å². The van der Waals surface area contributed by atoms with E-state index in [1.54, 1.807) is 0 Å². The van der Waals surface area contributed by atoms with E-state index < -0.39 is 0 Å². The van der Waals surface area contributed by atoms with Gasteiger partial charge in [0.15, 0.2) is 0 Å². The van der Waals surface area contributed by atoms with Crippen molar-refractivity contribution in [1.82, 2.24) is 0 Å². The maximum Gasteiger partial charge on any atom is 0.142 e. The number of ether oxygens (including phenoxy) is 1. The summed E-state index contributed by atoms with van der Waals surface area (Å²) in [5, 5.41) is 3.41. The number of hydrogen-bond donors (Lipinski definition) is 1. The minimum atomic E-state index is 0.238. The molecule has 0 aliphatic carbocycles. The first-order chi connectivity index (χ1) is 8.72. The van der Waals surface area contributed by atoms with Gasteiger partial charge in [0.2, 0.25) is 0 Å². The predicted molar refractivity (Wildman–Crippen MR) is 75.2 cm³/mol. The smallest absolute Gasteiger partial charge is 0.142 e. The van der Waals surface area contributed by atoms with E-state index in [0.717, 1.165) is 18.0 Å². The highest BCUT2D eigenvalue weighted by atomic mass is 16.5. The average Bonchev–Trinajstić information content (AvgIpc) is 2.38. The molecule has 1 atom stereocenters. The number of aryl methyl sites for hydroxylation is 1. The van der Waals surface area contributed by atoms with E-state index in [0.29, 0.717) is 0 Å². The first-order valence-corrected chi connectivity index (χ1v) is 6.34. The second-order valence-corrected chi connectivity index (χ2v) is 4.89. The van der Waals surface area contributed by atoms with Gasteiger partial charge >= 0.3 is 0 Å². The number of nitrogens with one attached hydrogen (secondary N) is 1. The van der Waals surface area contributed by atoms with Crippen molar-refractivity contribution < 1.29 is 4.74 Å². The van der Waals surface area contributed by atoms with Crippen molar-refractivity contribution in [3.05, 3.63) is 48.0 Å². The van der Waals surface area contributed by atoms with E-state index in [2.05, 4.69) is 61.6 Å². The molecule has 0 spiro atoms. The molecule has 2 aromatic carbocycles. The lowest BCUT2D eigenvalue weighted by atomic mass is 10.0. The van der Waals surface area contributed by atoms with Crippen LogP contribution in [-0.4, -0.2) is 12.6 Å². The Kier molecular flexibility index (Phi) is 2.71. The van der Waals surface area contributed by atoms with Crippen LogP contribution in [0, 0.1) is 6.92 Å². The van der Waals surface area contributed by atoms with Gasteiger partial charge in [0.05, 0.1) is 12.2 Å². The maximum atomic E-state index is 5.78. The molecule has 0 fully saturated rings. The van der Waals surface area contributed by atoms with Crippen molar-refractivity contribution in [2.45, 2.75) is 20.0 Å². The SMILES string of the molecule is Cc1cccc(-c2ccc3c(c2)NCC(C)O3)c1. The zero-order chi connectivity index (χ0) is 12.5. The molecule has 2 nitrogen and oxygen atoms in total. The molecule has 1 heterocycles. The molecule has 1 unspecified atom stereocenters. The summed E-state index contributed by atoms with van der Waals surface area (Å²) in [6.07, 6.45) is 0.238. The van der Waals surface area contributed by atoms with Crippen molar-refractivity contribution in [1.29, 1.82) is 0 Å². The van der Waals surface area contributed by atoms with Gasteiger partial charge in [-0.3, -0.25) is 0 Å². The summed E-state index contributed by atoms with van der Waals surface area (Å²) in [5.41, 5.74) is 4.84. The topological polar surface area (TPSA) is 21.3 Å². The van der Waals surface area contributed by atoms with E-state index in [1.807, 2.05) is 0 Å². The molecule has 1 aliphatic heterocycles. The van der Waals surface area contributed by atoms with E-state index in [1.165, 1.54) is 16.7 Å². The third kappa shape index (κ3) is 2.06. The van der Waals surface area contributed by atoms with Gasteiger partial charge in [-0.2, -0.15) is 0 Å². The number of hydrogen-bond acceptors (Lipinski definition) is 2. The summed E-state index contributed by atoms with van der Waals surface area (Å²) < 4.78 is 5.78. The lowest BCUT2D eigenvalue weighted by molar-refractivity contribution is 0.226. The first-order valence-electron chi connectivity index (χ1n) is 6.34. The molecule has 18 heavy (non-hydrogen) atoms. The van der Waals surface area contributed by atoms with Gasteiger partial charge < -0.3 is 10.1 Å². The monoisotopic (exact) mass is 239 g/mol. The van der Waals surface area contributed by atoms with Gasteiger partial charge in [-0.25, -0.2) is 0 Å². The molecule has 92 valence electrons. The van der Waals surface area contributed by atoms with Crippen LogP contribution < -0.4 is 10.1 Å². The molecular weight excluding hydrogens is 222 g/mol. The Bertz CT molecular complexity index is 577. The first kappa shape index (κ1) is 11.1. The number of fused-ring (bicyclic) bond motifs is 1. The molecule has 0 radical (unpaired) electrons. The van der Waals surface area contributed by atoms with Crippen molar-refractivity contribution in [2.75, 3.05) is 11.9 Å². The normalized spacial score (nSPS) is 17.6. The van der Waals surface area contributed by atoms with Crippen LogP contribution >= 0.6 is 0 Å². The summed E-state index contributed by atoms with van der Waals surface area (Å²) in [7, 11) is 0. The van der Waals surface area contributed by atoms with Crippen molar-refractivity contribution in [3.63, 3.8) is 0 Å². The van der Waals surface area contributed by atoms with Gasteiger partial charge in [0.1, 0.15) is 11.9 Å². The second kappa shape index (κ2) is 4.37. The van der Waals surface area contributed by atoms with Crippen LogP contribution in [0.5, 0.6) is 5.75 Å². The van der Waals surface area contributed by atoms with Gasteiger partial charge in [0.25, 0.3) is 0 Å². The highest BCUT2D eigenvalue weighted by Crippen LogP contribution is 2.33. The summed E-state index contributed by atoms with van der Waals surface area (Å²) in [6, 6.07) is 14.9. The molecule has 2 aromatic rings. The summed E-state index contributed by atoms with van der Waals surface area (Å²) in [6.45, 7) is 5.06. The molecule has 0 amide bonds. The highest BCUT2D eigenvalue weighted by molar-refractivity contribution is 5.72. The van der Waals surface area contributed by atoms with Gasteiger partial charge in [-0.15, -0.1) is 0 Å². The Balaban J connectivity index is 2.00. The van der Waals surface area contributed by atoms with Gasteiger partial charge in [-0.05, 0) is 37.1 Å². The summed E-state index contributed by atoms with van der Waals surface area (Å²) >= 11 is 0. The molecule has 1 N–H and O–H groups in total. The standard InChI is InChI=1S/C16H17NO/c1-11-4-3-5-13(8-11)14-6-7-16-15(9-14)17-10-12(2)18-16/h3-9,12,17H,10H2,1-2H3. The summed E-state index contributed by atoms with van der Waals surface area (Å²) in [5.74, 6) is 0.949. The predicted octanol–water partition coefficient (Wildman–Crippen LogP) is 3.85. The molecular formula is C16H17NO. The number of rotatable bonds is 1. The Labute approximate surface area is 108 Å². The Hall–Kier alpha value is -1.96. The fourth-order valence-corrected chi connectivity index (χ4v) is 2.29. The molecule has 3 rings (SSSR count). The minimum absolute atomic E-state index is 0.238. The van der Waals surface area contributed by atoms with Gasteiger partial charge in [-0.1, -0.05) is 35.9 Å². The van der Waals surface area contributed by atoms with Crippen LogP contribution in [0.2, 0.25) is 0 Å². The molecule has 1 aliphatic rings. The zero-order valence-corrected chi connectivity index (χ0v) is 10.7. The second-order valence-electron chi connectivity index (χ2n) is 4.89. The average molecular weight is 239 g/mol. The maximum absolute atomic E-state index is 5.78. The van der Waals surface area contributed by atoms with Gasteiger partial charge in [0, 0.05) is 0 Å². The third-order valence-corrected chi connectivity index (χ3v) is 3.24. The van der Waals surface area contributed by atoms with Crippen LogP contribution in [0.25, 0.3) is 11.1 Å². The van der Waals surface area contributed by atoms with Crippen molar-refractivity contribution in [2.24, 2.45) is 0 Å². The zero-order valence-electron chi connectivity index (χ0n) is 10.7. The molecule has 0 aromatic heterocycles. The quantitative estimate of drug-likeness (QED) is 0.816. The molecule has 0 bridgehead atoms. The minimum Gasteiger partial charge on any atom is -0.487 e. The van der Waals surface area contributed by atoms with Crippen LogP contribution in [0.4, 0.5) is 5.69 Å². The van der Waals surface area contributed by atoms with Crippen molar-refractivity contribution in [3.8, 4) is 16.9 Å². The summed E-state index contributed by atoms with van der Waals surface area (Å²) in [4.78, 5) is 0. The van der Waals surface area contributed by atoms with Crippen molar-refractivity contribution >= 4 is 5.69 Å². The van der Waals surface area contributed by atoms with E-state index in [-0.39, 0.29) is 6.10 Å². The fraction of sp³-hybridized carbons (Fsp3) is 0.250. The molecule has 0 saturated heterocycles. The largest absolute Gasteiger partial charge is 0.487 e. The van der Waals surface area contributed by atoms with Crippen LogP contribution in [-0.2, 0) is 0 Å². The Morgan fingerprint density at radius 3 is 2.78 bits per heavy atom. The fourth-order valence-electron chi connectivity index (χ4n) is 2.29. The lowest BCUT2D eigenvalue weighted by Gasteiger charge is -2.25. The number of anilines is 1. The van der Waals surface area contributed by atoms with E-state index >= 15 is 0 Å². The van der Waals surface area contributed by atoms with Crippen LogP contribution in [0.15, 0.2) is 42.5 Å².